The van der Waals surface area contributed by atoms with Crippen molar-refractivity contribution in [2.24, 2.45) is 10.2 Å². The van der Waals surface area contributed by atoms with Crippen LogP contribution in [0.15, 0.2) is 52.8 Å². The second kappa shape index (κ2) is 6.31. The van der Waals surface area contributed by atoms with Crippen molar-refractivity contribution in [3.8, 4) is 0 Å². The molecule has 1 aromatic carbocycles. The van der Waals surface area contributed by atoms with Crippen molar-refractivity contribution < 1.29 is 13.2 Å². The van der Waals surface area contributed by atoms with E-state index in [0.29, 0.717) is 5.82 Å². The van der Waals surface area contributed by atoms with Crippen molar-refractivity contribution >= 4 is 17.2 Å². The minimum absolute atomic E-state index is 0.107. The van der Waals surface area contributed by atoms with E-state index in [0.717, 1.165) is 29.0 Å². The van der Waals surface area contributed by atoms with Crippen LogP contribution in [-0.4, -0.2) is 9.38 Å². The lowest BCUT2D eigenvalue weighted by Crippen LogP contribution is -2.03. The van der Waals surface area contributed by atoms with Gasteiger partial charge in [0.15, 0.2) is 5.82 Å². The third kappa shape index (κ3) is 3.55. The number of aromatic nitrogens is 2. The average Bonchev–Trinajstić information content (AvgIpc) is 2.90. The Morgan fingerprint density at radius 2 is 1.84 bits per heavy atom. The first kappa shape index (κ1) is 17.1. The summed E-state index contributed by atoms with van der Waals surface area (Å²) in [6.07, 6.45) is -2.52. The first-order valence-electron chi connectivity index (χ1n) is 7.83. The summed E-state index contributed by atoms with van der Waals surface area (Å²) < 4.78 is 40.3. The van der Waals surface area contributed by atoms with Crippen LogP contribution in [0.5, 0.6) is 0 Å². The molecule has 0 unspecified atom stereocenters. The van der Waals surface area contributed by atoms with Gasteiger partial charge < -0.3 is 0 Å². The first-order chi connectivity index (χ1) is 11.8. The van der Waals surface area contributed by atoms with Gasteiger partial charge in [-0.15, -0.1) is 10.2 Å². The van der Waals surface area contributed by atoms with E-state index < -0.39 is 11.7 Å². The number of rotatable bonds is 3. The normalized spacial score (nSPS) is 12.6. The molecule has 0 bridgehead atoms. The fourth-order valence-electron chi connectivity index (χ4n) is 2.49. The molecule has 0 spiro atoms. The highest BCUT2D eigenvalue weighted by Gasteiger charge is 2.30. The fraction of sp³-hybridized carbons (Fsp3) is 0.278. The Bertz CT molecular complexity index is 939. The van der Waals surface area contributed by atoms with E-state index in [1.54, 1.807) is 0 Å². The third-order valence-electron chi connectivity index (χ3n) is 3.75. The molecule has 7 heteroatoms. The lowest BCUT2D eigenvalue weighted by Gasteiger charge is -2.06. The smallest absolute Gasteiger partial charge is 0.283 e. The van der Waals surface area contributed by atoms with Crippen LogP contribution in [0.3, 0.4) is 0 Å². The molecule has 130 valence electrons. The van der Waals surface area contributed by atoms with Gasteiger partial charge in [-0.2, -0.15) is 13.2 Å². The van der Waals surface area contributed by atoms with E-state index in [1.165, 1.54) is 12.1 Å². The minimum atomic E-state index is -4.41. The standard InChI is InChI=1S/C18H17F3N4/c1-11(2)16-17(25-10-12(3)7-8-15(25)22-16)24-23-14-6-4-5-13(9-14)18(19,20)21/h4-11H,1-3H3. The van der Waals surface area contributed by atoms with Crippen LogP contribution in [0.1, 0.15) is 36.6 Å². The van der Waals surface area contributed by atoms with Gasteiger partial charge in [0.25, 0.3) is 0 Å². The second-order valence-corrected chi connectivity index (χ2v) is 6.16. The molecule has 0 aliphatic heterocycles. The molecule has 3 rings (SSSR count). The van der Waals surface area contributed by atoms with E-state index in [2.05, 4.69) is 15.2 Å². The molecule has 0 atom stereocenters. The maximum Gasteiger partial charge on any atom is 0.416 e. The zero-order chi connectivity index (χ0) is 18.2. The predicted octanol–water partition coefficient (Wildman–Crippen LogP) is 6.20. The van der Waals surface area contributed by atoms with E-state index in [9.17, 15) is 13.2 Å². The molecule has 0 N–H and O–H groups in total. The van der Waals surface area contributed by atoms with Crippen LogP contribution in [0.2, 0.25) is 0 Å². The maximum atomic E-state index is 12.8. The van der Waals surface area contributed by atoms with E-state index in [-0.39, 0.29) is 11.6 Å². The Labute approximate surface area is 143 Å². The number of halogens is 3. The molecule has 4 nitrogen and oxygen atoms in total. The molecule has 0 saturated carbocycles. The number of benzene rings is 1. The molecule has 25 heavy (non-hydrogen) atoms. The van der Waals surface area contributed by atoms with Crippen molar-refractivity contribution in [1.82, 2.24) is 9.38 Å². The predicted molar refractivity (Wildman–Crippen MR) is 89.6 cm³/mol. The fourth-order valence-corrected chi connectivity index (χ4v) is 2.49. The van der Waals surface area contributed by atoms with Crippen molar-refractivity contribution in [3.63, 3.8) is 0 Å². The summed E-state index contributed by atoms with van der Waals surface area (Å²) in [6, 6.07) is 8.62. The molecule has 3 aromatic rings. The van der Waals surface area contributed by atoms with Gasteiger partial charge in [0, 0.05) is 6.20 Å². The van der Waals surface area contributed by atoms with Gasteiger partial charge in [-0.25, -0.2) is 4.98 Å². The lowest BCUT2D eigenvalue weighted by molar-refractivity contribution is -0.137. The van der Waals surface area contributed by atoms with Crippen LogP contribution >= 0.6 is 0 Å². The molecule has 0 aliphatic rings. The van der Waals surface area contributed by atoms with Crippen molar-refractivity contribution in [3.05, 3.63) is 59.4 Å². The highest BCUT2D eigenvalue weighted by atomic mass is 19.4. The summed E-state index contributed by atoms with van der Waals surface area (Å²) in [5, 5.41) is 8.22. The van der Waals surface area contributed by atoms with Crippen molar-refractivity contribution in [2.45, 2.75) is 32.9 Å². The molecular weight excluding hydrogens is 329 g/mol. The second-order valence-electron chi connectivity index (χ2n) is 6.16. The number of azo groups is 1. The van der Waals surface area contributed by atoms with Gasteiger partial charge in [-0.1, -0.05) is 26.0 Å². The number of hydrogen-bond donors (Lipinski definition) is 0. The minimum Gasteiger partial charge on any atom is -0.283 e. The van der Waals surface area contributed by atoms with Gasteiger partial charge >= 0.3 is 6.18 Å². The van der Waals surface area contributed by atoms with E-state index >= 15 is 0 Å². The number of imidazole rings is 1. The monoisotopic (exact) mass is 346 g/mol. The van der Waals surface area contributed by atoms with Crippen LogP contribution in [0.4, 0.5) is 24.7 Å². The Morgan fingerprint density at radius 1 is 1.08 bits per heavy atom. The lowest BCUT2D eigenvalue weighted by atomic mass is 10.1. The number of hydrogen-bond acceptors (Lipinski definition) is 3. The summed E-state index contributed by atoms with van der Waals surface area (Å²) in [5.74, 6) is 0.641. The molecule has 0 saturated heterocycles. The molecule has 0 amide bonds. The van der Waals surface area contributed by atoms with Gasteiger partial charge in [0.2, 0.25) is 0 Å². The quantitative estimate of drug-likeness (QED) is 0.521. The first-order valence-corrected chi connectivity index (χ1v) is 7.83. The van der Waals surface area contributed by atoms with Gasteiger partial charge in [-0.05, 0) is 42.7 Å². The zero-order valence-corrected chi connectivity index (χ0v) is 14.0. The number of alkyl halides is 3. The Kier molecular flexibility index (Phi) is 4.32. The molecular formula is C18H17F3N4. The Hall–Kier alpha value is -2.70. The summed E-state index contributed by atoms with van der Waals surface area (Å²) in [6.45, 7) is 5.91. The molecule has 0 fully saturated rings. The number of nitrogens with zero attached hydrogens (tertiary/aromatic N) is 4. The van der Waals surface area contributed by atoms with Crippen molar-refractivity contribution in [2.75, 3.05) is 0 Å². The summed E-state index contributed by atoms with van der Waals surface area (Å²) in [5.41, 5.74) is 1.90. The summed E-state index contributed by atoms with van der Waals surface area (Å²) >= 11 is 0. The van der Waals surface area contributed by atoms with Gasteiger partial charge in [0.1, 0.15) is 5.65 Å². The molecule has 0 aliphatic carbocycles. The molecule has 2 heterocycles. The van der Waals surface area contributed by atoms with Crippen molar-refractivity contribution in [1.29, 1.82) is 0 Å². The van der Waals surface area contributed by atoms with Crippen LogP contribution in [0, 0.1) is 6.92 Å². The van der Waals surface area contributed by atoms with E-state index in [1.807, 2.05) is 43.5 Å². The van der Waals surface area contributed by atoms with Gasteiger partial charge in [0.05, 0.1) is 16.9 Å². The number of pyridine rings is 1. The topological polar surface area (TPSA) is 42.0 Å². The van der Waals surface area contributed by atoms with Gasteiger partial charge in [-0.3, -0.25) is 4.40 Å². The Balaban J connectivity index is 2.07. The van der Waals surface area contributed by atoms with E-state index in [4.69, 9.17) is 0 Å². The molecule has 2 aromatic heterocycles. The number of fused-ring (bicyclic) bond motifs is 1. The average molecular weight is 346 g/mol. The third-order valence-corrected chi connectivity index (χ3v) is 3.75. The Morgan fingerprint density at radius 3 is 2.52 bits per heavy atom. The summed E-state index contributed by atoms with van der Waals surface area (Å²) in [4.78, 5) is 4.55. The number of aryl methyl sites for hydroxylation is 1. The van der Waals surface area contributed by atoms with Crippen LogP contribution in [-0.2, 0) is 6.18 Å². The highest BCUT2D eigenvalue weighted by Crippen LogP contribution is 2.33. The SMILES string of the molecule is Cc1ccc2nc(C(C)C)c(N=Nc3cccc(C(F)(F)F)c3)n2c1. The maximum absolute atomic E-state index is 12.8. The highest BCUT2D eigenvalue weighted by molar-refractivity contribution is 5.54. The summed E-state index contributed by atoms with van der Waals surface area (Å²) in [7, 11) is 0. The van der Waals surface area contributed by atoms with Crippen LogP contribution in [0.25, 0.3) is 5.65 Å². The zero-order valence-electron chi connectivity index (χ0n) is 14.0. The largest absolute Gasteiger partial charge is 0.416 e. The van der Waals surface area contributed by atoms with Crippen LogP contribution < -0.4 is 0 Å². The molecule has 0 radical (unpaired) electrons.